The first-order chi connectivity index (χ1) is 13.9. The Morgan fingerprint density at radius 2 is 1.90 bits per heavy atom. The first-order valence-corrected chi connectivity index (χ1v) is 9.21. The number of amides is 2. The highest BCUT2D eigenvalue weighted by Crippen LogP contribution is 2.31. The zero-order valence-electron chi connectivity index (χ0n) is 16.3. The lowest BCUT2D eigenvalue weighted by Crippen LogP contribution is -2.22. The van der Waals surface area contributed by atoms with Gasteiger partial charge in [0.15, 0.2) is 11.5 Å². The summed E-state index contributed by atoms with van der Waals surface area (Å²) in [5.74, 6) is -0.303. The Hall–Kier alpha value is -3.69. The largest absolute Gasteiger partial charge is 0.354 e. The Labute approximate surface area is 165 Å². The third kappa shape index (κ3) is 3.44. The van der Waals surface area contributed by atoms with Crippen LogP contribution in [0.15, 0.2) is 29.3 Å². The van der Waals surface area contributed by atoms with E-state index in [4.69, 9.17) is 0 Å². The summed E-state index contributed by atoms with van der Waals surface area (Å²) in [6, 6.07) is 3.39. The Balaban J connectivity index is 1.77. The number of pyridine rings is 1. The van der Waals surface area contributed by atoms with Gasteiger partial charge in [-0.05, 0) is 18.9 Å². The van der Waals surface area contributed by atoms with E-state index in [0.717, 1.165) is 18.4 Å². The van der Waals surface area contributed by atoms with E-state index in [9.17, 15) is 14.4 Å². The van der Waals surface area contributed by atoms with Gasteiger partial charge in [-0.3, -0.25) is 14.4 Å². The molecule has 1 saturated carbocycles. The average Bonchev–Trinajstić information content (AvgIpc) is 3.50. The highest BCUT2D eigenvalue weighted by atomic mass is 16.2. The van der Waals surface area contributed by atoms with E-state index in [1.54, 1.807) is 25.5 Å². The van der Waals surface area contributed by atoms with Crippen molar-refractivity contribution in [2.24, 2.45) is 20.0 Å². The minimum atomic E-state index is -0.437. The van der Waals surface area contributed by atoms with Crippen molar-refractivity contribution in [3.05, 3.63) is 40.6 Å². The molecule has 3 aromatic heterocycles. The van der Waals surface area contributed by atoms with E-state index < -0.39 is 5.91 Å². The molecule has 150 valence electrons. The van der Waals surface area contributed by atoms with Gasteiger partial charge in [0.2, 0.25) is 5.91 Å². The molecule has 10 nitrogen and oxygen atoms in total. The van der Waals surface area contributed by atoms with Crippen LogP contribution in [0, 0.1) is 5.92 Å². The van der Waals surface area contributed by atoms with Crippen molar-refractivity contribution in [2.75, 3.05) is 17.7 Å². The standard InChI is InChI=1S/C19H21N7O3/c1-20-18(28)16-11(8-14(23-24-16)22-17(27)10-4-5-10)21-12-9-26(3)13-6-7-25(2)19(29)15(12)13/h6-10H,4-5H2,1-3H3,(H,20,28)(H2,21,22,23,27). The van der Waals surface area contributed by atoms with Crippen molar-refractivity contribution in [2.45, 2.75) is 12.8 Å². The summed E-state index contributed by atoms with van der Waals surface area (Å²) in [7, 11) is 5.00. The van der Waals surface area contributed by atoms with Crippen molar-refractivity contribution in [1.29, 1.82) is 0 Å². The van der Waals surface area contributed by atoms with Crippen molar-refractivity contribution >= 4 is 39.9 Å². The molecule has 0 bridgehead atoms. The van der Waals surface area contributed by atoms with Crippen LogP contribution in [0.4, 0.5) is 17.2 Å². The molecule has 1 aliphatic rings. The van der Waals surface area contributed by atoms with Crippen molar-refractivity contribution in [3.63, 3.8) is 0 Å². The molecule has 10 heteroatoms. The second-order valence-corrected chi connectivity index (χ2v) is 7.11. The maximum atomic E-state index is 12.7. The molecule has 3 aromatic rings. The normalized spacial score (nSPS) is 13.3. The average molecular weight is 395 g/mol. The molecular formula is C19H21N7O3. The molecule has 0 atom stereocenters. The third-order valence-corrected chi connectivity index (χ3v) is 4.92. The Morgan fingerprint density at radius 1 is 1.14 bits per heavy atom. The van der Waals surface area contributed by atoms with E-state index in [1.807, 2.05) is 17.7 Å². The molecule has 3 heterocycles. The molecule has 0 unspecified atom stereocenters. The molecule has 0 aromatic carbocycles. The molecule has 2 amide bonds. The summed E-state index contributed by atoms with van der Waals surface area (Å²) < 4.78 is 3.31. The number of aromatic nitrogens is 4. The minimum absolute atomic E-state index is 0.00733. The number of carbonyl (C=O) groups excluding carboxylic acids is 2. The number of nitrogens with zero attached hydrogens (tertiary/aromatic N) is 4. The first-order valence-electron chi connectivity index (χ1n) is 9.21. The summed E-state index contributed by atoms with van der Waals surface area (Å²) >= 11 is 0. The number of aryl methyl sites for hydroxylation is 2. The highest BCUT2D eigenvalue weighted by molar-refractivity contribution is 6.01. The molecule has 4 rings (SSSR count). The maximum absolute atomic E-state index is 12.7. The van der Waals surface area contributed by atoms with Gasteiger partial charge in [-0.2, -0.15) is 0 Å². The van der Waals surface area contributed by atoms with E-state index in [1.165, 1.54) is 11.6 Å². The van der Waals surface area contributed by atoms with Gasteiger partial charge in [-0.1, -0.05) is 0 Å². The number of nitrogens with one attached hydrogen (secondary N) is 3. The van der Waals surface area contributed by atoms with Gasteiger partial charge in [0.1, 0.15) is 0 Å². The fourth-order valence-corrected chi connectivity index (χ4v) is 3.14. The predicted molar refractivity (Wildman–Crippen MR) is 108 cm³/mol. The SMILES string of the molecule is CNC(=O)c1nnc(NC(=O)C2CC2)cc1Nc1cn(C)c2ccn(C)c(=O)c12. The van der Waals surface area contributed by atoms with E-state index in [2.05, 4.69) is 26.1 Å². The summed E-state index contributed by atoms with van der Waals surface area (Å²) in [6.45, 7) is 0. The smallest absolute Gasteiger partial charge is 0.273 e. The monoisotopic (exact) mass is 395 g/mol. The number of hydrogen-bond acceptors (Lipinski definition) is 6. The summed E-state index contributed by atoms with van der Waals surface area (Å²) in [4.78, 5) is 37.0. The van der Waals surface area contributed by atoms with Crippen LogP contribution in [0.2, 0.25) is 0 Å². The van der Waals surface area contributed by atoms with Crippen LogP contribution in [0.25, 0.3) is 10.9 Å². The second-order valence-electron chi connectivity index (χ2n) is 7.11. The van der Waals surface area contributed by atoms with E-state index in [-0.39, 0.29) is 28.9 Å². The lowest BCUT2D eigenvalue weighted by Gasteiger charge is -2.11. The van der Waals surface area contributed by atoms with Crippen LogP contribution in [0.5, 0.6) is 0 Å². The molecule has 1 fully saturated rings. The molecule has 3 N–H and O–H groups in total. The van der Waals surface area contributed by atoms with Crippen LogP contribution >= 0.6 is 0 Å². The van der Waals surface area contributed by atoms with E-state index >= 15 is 0 Å². The predicted octanol–water partition coefficient (Wildman–Crippen LogP) is 1.12. The lowest BCUT2D eigenvalue weighted by molar-refractivity contribution is -0.117. The summed E-state index contributed by atoms with van der Waals surface area (Å²) in [5, 5.41) is 16.8. The molecule has 0 spiro atoms. The second kappa shape index (κ2) is 7.04. The number of anilines is 3. The molecular weight excluding hydrogens is 374 g/mol. The van der Waals surface area contributed by atoms with Crippen LogP contribution < -0.4 is 21.5 Å². The first kappa shape index (κ1) is 18.7. The quantitative estimate of drug-likeness (QED) is 0.595. The minimum Gasteiger partial charge on any atom is -0.354 e. The third-order valence-electron chi connectivity index (χ3n) is 4.92. The zero-order valence-corrected chi connectivity index (χ0v) is 16.3. The van der Waals surface area contributed by atoms with Crippen molar-refractivity contribution in [3.8, 4) is 0 Å². The number of fused-ring (bicyclic) bond motifs is 1. The topological polar surface area (TPSA) is 123 Å². The fraction of sp³-hybridized carbons (Fsp3) is 0.316. The maximum Gasteiger partial charge on any atom is 0.273 e. The molecule has 1 aliphatic carbocycles. The van der Waals surface area contributed by atoms with Crippen LogP contribution in [-0.4, -0.2) is 38.2 Å². The Morgan fingerprint density at radius 3 is 2.59 bits per heavy atom. The van der Waals surface area contributed by atoms with Gasteiger partial charge in [-0.25, -0.2) is 0 Å². The number of hydrogen-bond donors (Lipinski definition) is 3. The summed E-state index contributed by atoms with van der Waals surface area (Å²) in [6.07, 6.45) is 5.19. The van der Waals surface area contributed by atoms with Gasteiger partial charge in [0.25, 0.3) is 11.5 Å². The molecule has 0 aliphatic heterocycles. The van der Waals surface area contributed by atoms with Crippen LogP contribution in [0.3, 0.4) is 0 Å². The Kier molecular flexibility index (Phi) is 4.53. The van der Waals surface area contributed by atoms with E-state index in [0.29, 0.717) is 16.8 Å². The molecule has 0 saturated heterocycles. The molecule has 29 heavy (non-hydrogen) atoms. The van der Waals surface area contributed by atoms with Crippen molar-refractivity contribution < 1.29 is 9.59 Å². The molecule has 0 radical (unpaired) electrons. The highest BCUT2D eigenvalue weighted by Gasteiger charge is 2.30. The Bertz CT molecular complexity index is 1190. The lowest BCUT2D eigenvalue weighted by atomic mass is 10.2. The van der Waals surface area contributed by atoms with Gasteiger partial charge in [-0.15, -0.1) is 10.2 Å². The van der Waals surface area contributed by atoms with Gasteiger partial charge >= 0.3 is 0 Å². The van der Waals surface area contributed by atoms with Crippen LogP contribution in [0.1, 0.15) is 23.3 Å². The van der Waals surface area contributed by atoms with Gasteiger partial charge in [0, 0.05) is 45.5 Å². The van der Waals surface area contributed by atoms with Crippen LogP contribution in [-0.2, 0) is 18.9 Å². The fourth-order valence-electron chi connectivity index (χ4n) is 3.14. The number of rotatable bonds is 5. The van der Waals surface area contributed by atoms with Crippen molar-refractivity contribution in [1.82, 2.24) is 24.6 Å². The van der Waals surface area contributed by atoms with Gasteiger partial charge < -0.3 is 25.1 Å². The number of carbonyl (C=O) groups is 2. The van der Waals surface area contributed by atoms with Gasteiger partial charge in [0.05, 0.1) is 22.3 Å². The zero-order chi connectivity index (χ0) is 20.7. The summed E-state index contributed by atoms with van der Waals surface area (Å²) in [5.41, 5.74) is 1.50.